The van der Waals surface area contributed by atoms with Crippen molar-refractivity contribution in [1.82, 2.24) is 10.6 Å². The van der Waals surface area contributed by atoms with E-state index in [9.17, 15) is 9.59 Å². The quantitative estimate of drug-likeness (QED) is 0.0695. The minimum absolute atomic E-state index is 0.0450. The summed E-state index contributed by atoms with van der Waals surface area (Å²) < 4.78 is 5.34. The molecule has 206 valence electrons. The highest BCUT2D eigenvalue weighted by Crippen LogP contribution is 2.40. The Hall–Kier alpha value is -2.90. The number of allylic oxidation sites excluding steroid dienone is 9. The zero-order valence-electron chi connectivity index (χ0n) is 23.5. The Kier molecular flexibility index (Phi) is 15.9. The molecule has 0 heterocycles. The summed E-state index contributed by atoms with van der Waals surface area (Å²) >= 11 is 0. The first-order valence-electron chi connectivity index (χ1n) is 13.1. The predicted molar refractivity (Wildman–Crippen MR) is 149 cm³/mol. The van der Waals surface area contributed by atoms with E-state index in [1.54, 1.807) is 12.2 Å². The van der Waals surface area contributed by atoms with Crippen molar-refractivity contribution in [3.05, 3.63) is 71.1 Å². The average Bonchev–Trinajstić information content (AvgIpc) is 2.81. The lowest BCUT2D eigenvalue weighted by atomic mass is 9.72. The van der Waals surface area contributed by atoms with E-state index < -0.39 is 0 Å². The Bertz CT molecular complexity index is 907. The summed E-state index contributed by atoms with van der Waals surface area (Å²) in [5.74, 6) is -0.223. The van der Waals surface area contributed by atoms with Crippen LogP contribution in [0.5, 0.6) is 0 Å². The Morgan fingerprint density at radius 3 is 2.54 bits per heavy atom. The minimum atomic E-state index is -0.178. The van der Waals surface area contributed by atoms with Crippen LogP contribution >= 0.6 is 0 Å². The van der Waals surface area contributed by atoms with Crippen molar-refractivity contribution in [3.8, 4) is 0 Å². The third-order valence-electron chi connectivity index (χ3n) is 5.90. The van der Waals surface area contributed by atoms with Gasteiger partial charge in [-0.2, -0.15) is 4.89 Å². The number of carbonyl (C=O) groups is 2. The van der Waals surface area contributed by atoms with Gasteiger partial charge in [0.05, 0.1) is 6.61 Å². The smallest absolute Gasteiger partial charge is 0.244 e. The van der Waals surface area contributed by atoms with Gasteiger partial charge in [0.25, 0.3) is 0 Å². The van der Waals surface area contributed by atoms with E-state index in [0.717, 1.165) is 17.6 Å². The van der Waals surface area contributed by atoms with Gasteiger partial charge in [0.1, 0.15) is 12.9 Å². The van der Waals surface area contributed by atoms with Crippen LogP contribution in [0.4, 0.5) is 0 Å². The maximum Gasteiger partial charge on any atom is 0.244 e. The summed E-state index contributed by atoms with van der Waals surface area (Å²) in [4.78, 5) is 32.6. The van der Waals surface area contributed by atoms with Gasteiger partial charge in [0, 0.05) is 32.7 Å². The maximum absolute atomic E-state index is 12.0. The third-order valence-corrected chi connectivity index (χ3v) is 5.90. The molecule has 1 aliphatic rings. The van der Waals surface area contributed by atoms with E-state index in [0.29, 0.717) is 26.3 Å². The number of amides is 2. The molecule has 0 atom stereocenters. The third kappa shape index (κ3) is 15.7. The molecule has 0 saturated heterocycles. The molecule has 7 heteroatoms. The van der Waals surface area contributed by atoms with Crippen molar-refractivity contribution in [2.75, 3.05) is 32.9 Å². The number of nitrogens with one attached hydrogen (secondary N) is 2. The number of hydrogen-bond donors (Lipinski definition) is 2. The van der Waals surface area contributed by atoms with Gasteiger partial charge in [0.2, 0.25) is 11.8 Å². The first-order valence-corrected chi connectivity index (χ1v) is 13.1. The van der Waals surface area contributed by atoms with E-state index in [2.05, 4.69) is 56.6 Å². The summed E-state index contributed by atoms with van der Waals surface area (Å²) in [6.07, 6.45) is 19.4. The Morgan fingerprint density at radius 2 is 1.81 bits per heavy atom. The van der Waals surface area contributed by atoms with Gasteiger partial charge >= 0.3 is 0 Å². The normalized spacial score (nSPS) is 16.7. The van der Waals surface area contributed by atoms with E-state index in [1.807, 2.05) is 19.1 Å². The lowest BCUT2D eigenvalue weighted by Crippen LogP contribution is -2.22. The van der Waals surface area contributed by atoms with Gasteiger partial charge < -0.3 is 20.3 Å². The Morgan fingerprint density at radius 1 is 1.03 bits per heavy atom. The highest BCUT2D eigenvalue weighted by Gasteiger charge is 2.26. The lowest BCUT2D eigenvalue weighted by molar-refractivity contribution is -0.255. The zero-order valence-corrected chi connectivity index (χ0v) is 23.5. The van der Waals surface area contributed by atoms with Crippen LogP contribution in [-0.4, -0.2) is 44.7 Å². The van der Waals surface area contributed by atoms with Gasteiger partial charge in [-0.25, -0.2) is 0 Å². The van der Waals surface area contributed by atoms with E-state index in [1.165, 1.54) is 43.6 Å². The molecular weight excluding hydrogens is 468 g/mol. The molecule has 2 amide bonds. The molecule has 2 N–H and O–H groups in total. The molecule has 0 aliphatic heterocycles. The van der Waals surface area contributed by atoms with Crippen molar-refractivity contribution in [2.24, 2.45) is 5.41 Å². The van der Waals surface area contributed by atoms with Crippen LogP contribution in [-0.2, 0) is 24.1 Å². The number of ether oxygens (including phenoxy) is 1. The van der Waals surface area contributed by atoms with Crippen LogP contribution in [0.25, 0.3) is 0 Å². The second-order valence-corrected chi connectivity index (χ2v) is 9.91. The van der Waals surface area contributed by atoms with Gasteiger partial charge in [0.15, 0.2) is 0 Å². The van der Waals surface area contributed by atoms with Crippen LogP contribution in [0, 0.1) is 5.41 Å². The van der Waals surface area contributed by atoms with E-state index in [4.69, 9.17) is 14.5 Å². The molecule has 0 saturated carbocycles. The van der Waals surface area contributed by atoms with Gasteiger partial charge in [-0.15, -0.1) is 0 Å². The largest absolute Gasteiger partial charge is 0.379 e. The highest BCUT2D eigenvalue weighted by atomic mass is 17.2. The van der Waals surface area contributed by atoms with Crippen LogP contribution in [0.3, 0.4) is 0 Å². The standard InChI is InChI=1S/C30H46N2O5/c1-24(14-15-28-26(3)13-8-16-30(28,5)6)11-7-12-25(2)23-29(34)32-18-10-20-36-37-22-21-35-19-9-17-31-27(4)33/h7,10-12,14-15,20,23H,8-9,13,16-19,21-22H2,1-6H3,(H,31,33)(H,32,34)/b12-7+,15-14+,20-10-,24-11+,25-23+. The molecule has 1 aliphatic carbocycles. The van der Waals surface area contributed by atoms with Gasteiger partial charge in [-0.3, -0.25) is 9.59 Å². The SMILES string of the molecule is CC(=O)NCCCOCCOO/C=C\CNC(=O)/C=C(C)/C=C/C=C(C)/C=C/C1=C(C)CCCC1(C)C. The van der Waals surface area contributed by atoms with Crippen molar-refractivity contribution in [2.45, 2.75) is 67.2 Å². The van der Waals surface area contributed by atoms with E-state index >= 15 is 0 Å². The monoisotopic (exact) mass is 514 g/mol. The molecular formula is C30H46N2O5. The molecule has 0 bridgehead atoms. The van der Waals surface area contributed by atoms with Gasteiger partial charge in [-0.05, 0) is 69.1 Å². The molecule has 37 heavy (non-hydrogen) atoms. The van der Waals surface area contributed by atoms with Crippen LogP contribution in [0.15, 0.2) is 71.1 Å². The Balaban J connectivity index is 2.24. The Labute approximate surface area is 223 Å². The van der Waals surface area contributed by atoms with Crippen molar-refractivity contribution in [3.63, 3.8) is 0 Å². The van der Waals surface area contributed by atoms with Crippen molar-refractivity contribution < 1.29 is 24.1 Å². The first-order chi connectivity index (χ1) is 17.6. The zero-order chi connectivity index (χ0) is 27.5. The fourth-order valence-corrected chi connectivity index (χ4v) is 3.91. The molecule has 0 unspecified atom stereocenters. The second kappa shape index (κ2) is 18.4. The topological polar surface area (TPSA) is 85.9 Å². The van der Waals surface area contributed by atoms with Crippen LogP contribution in [0.2, 0.25) is 0 Å². The summed E-state index contributed by atoms with van der Waals surface area (Å²) in [6, 6.07) is 0. The van der Waals surface area contributed by atoms with Crippen molar-refractivity contribution in [1.29, 1.82) is 0 Å². The molecule has 0 aromatic rings. The van der Waals surface area contributed by atoms with Crippen LogP contribution in [0.1, 0.15) is 67.2 Å². The molecule has 0 aromatic carbocycles. The highest BCUT2D eigenvalue weighted by molar-refractivity contribution is 5.88. The molecule has 7 nitrogen and oxygen atoms in total. The molecule has 0 spiro atoms. The van der Waals surface area contributed by atoms with Gasteiger partial charge in [-0.1, -0.05) is 55.4 Å². The maximum atomic E-state index is 12.0. The molecule has 0 fully saturated rings. The summed E-state index contributed by atoms with van der Waals surface area (Å²) in [6.45, 7) is 14.5. The van der Waals surface area contributed by atoms with E-state index in [-0.39, 0.29) is 23.8 Å². The fraction of sp³-hybridized carbons (Fsp3) is 0.533. The number of hydrogen-bond acceptors (Lipinski definition) is 5. The number of carbonyl (C=O) groups excluding carboxylic acids is 2. The minimum Gasteiger partial charge on any atom is -0.379 e. The summed E-state index contributed by atoms with van der Waals surface area (Å²) in [5.41, 5.74) is 5.21. The molecule has 1 rings (SSSR count). The fourth-order valence-electron chi connectivity index (χ4n) is 3.91. The number of rotatable bonds is 16. The van der Waals surface area contributed by atoms with Crippen LogP contribution < -0.4 is 10.6 Å². The average molecular weight is 515 g/mol. The van der Waals surface area contributed by atoms with Crippen molar-refractivity contribution >= 4 is 11.8 Å². The summed E-state index contributed by atoms with van der Waals surface area (Å²) in [5, 5.41) is 5.46. The first kappa shape index (κ1) is 32.1. The summed E-state index contributed by atoms with van der Waals surface area (Å²) in [7, 11) is 0. The molecule has 0 radical (unpaired) electrons. The molecule has 0 aromatic heterocycles. The second-order valence-electron chi connectivity index (χ2n) is 9.91. The lowest BCUT2D eigenvalue weighted by Gasteiger charge is -2.32. The predicted octanol–water partition coefficient (Wildman–Crippen LogP) is 5.64.